The van der Waals surface area contributed by atoms with Gasteiger partial charge < -0.3 is 15.4 Å². The van der Waals surface area contributed by atoms with Crippen LogP contribution in [0.1, 0.15) is 42.7 Å². The van der Waals surface area contributed by atoms with Crippen molar-refractivity contribution in [1.29, 1.82) is 5.26 Å². The number of nitriles is 1. The Morgan fingerprint density at radius 3 is 2.50 bits per heavy atom. The summed E-state index contributed by atoms with van der Waals surface area (Å²) in [5.41, 5.74) is 8.59. The Morgan fingerprint density at radius 1 is 1.19 bits per heavy atom. The summed E-state index contributed by atoms with van der Waals surface area (Å²) in [5.74, 6) is 0.414. The van der Waals surface area contributed by atoms with E-state index in [1.165, 1.54) is 17.7 Å². The number of nitrogens with two attached hydrogens (primary N) is 1. The maximum Gasteiger partial charge on any atom is 0.269 e. The number of thioether (sulfide) groups is 1. The lowest BCUT2D eigenvalue weighted by atomic mass is 9.90. The summed E-state index contributed by atoms with van der Waals surface area (Å²) < 4.78 is 6.11. The molecule has 32 heavy (non-hydrogen) atoms. The summed E-state index contributed by atoms with van der Waals surface area (Å²) in [4.78, 5) is 13.8. The van der Waals surface area contributed by atoms with Crippen molar-refractivity contribution in [3.05, 3.63) is 98.1 Å². The van der Waals surface area contributed by atoms with Gasteiger partial charge >= 0.3 is 0 Å². The van der Waals surface area contributed by atoms with Gasteiger partial charge in [0.05, 0.1) is 20.6 Å². The van der Waals surface area contributed by atoms with Crippen LogP contribution in [-0.2, 0) is 11.3 Å². The molecular formula is C24H22N4O3S. The molecule has 2 aromatic carbocycles. The Balaban J connectivity index is 1.60. The number of nitro groups is 1. The molecule has 1 aliphatic carbocycles. The van der Waals surface area contributed by atoms with Crippen LogP contribution in [0.2, 0.25) is 0 Å². The predicted octanol–water partition coefficient (Wildman–Crippen LogP) is 5.09. The fourth-order valence-electron chi connectivity index (χ4n) is 4.85. The first-order valence-electron chi connectivity index (χ1n) is 10.6. The molecular weight excluding hydrogens is 424 g/mol. The van der Waals surface area contributed by atoms with Crippen LogP contribution in [0.4, 0.5) is 5.69 Å². The lowest BCUT2D eigenvalue weighted by molar-refractivity contribution is -0.384. The van der Waals surface area contributed by atoms with E-state index in [2.05, 4.69) is 23.1 Å². The van der Waals surface area contributed by atoms with Crippen LogP contribution in [0.25, 0.3) is 0 Å². The third-order valence-electron chi connectivity index (χ3n) is 6.40. The van der Waals surface area contributed by atoms with Crippen LogP contribution in [0, 0.1) is 21.4 Å². The van der Waals surface area contributed by atoms with E-state index in [0.717, 1.165) is 36.2 Å². The third kappa shape index (κ3) is 3.30. The normalized spacial score (nSPS) is 21.5. The van der Waals surface area contributed by atoms with Gasteiger partial charge in [0.2, 0.25) is 11.8 Å². The minimum absolute atomic E-state index is 0.0162. The molecule has 1 fully saturated rings. The second kappa shape index (κ2) is 7.92. The number of non-ortho nitro benzene ring substituents is 1. The van der Waals surface area contributed by atoms with Crippen molar-refractivity contribution in [2.75, 3.05) is 0 Å². The molecule has 1 unspecified atom stereocenters. The number of nitro benzene ring substituents is 1. The van der Waals surface area contributed by atoms with E-state index in [1.54, 1.807) is 23.9 Å². The van der Waals surface area contributed by atoms with Gasteiger partial charge in [-0.05, 0) is 24.0 Å². The van der Waals surface area contributed by atoms with Crippen LogP contribution >= 0.6 is 11.8 Å². The minimum Gasteiger partial charge on any atom is -0.423 e. The van der Waals surface area contributed by atoms with Crippen LogP contribution in [-0.4, -0.2) is 14.7 Å². The van der Waals surface area contributed by atoms with Crippen LogP contribution in [0.5, 0.6) is 0 Å². The maximum atomic E-state index is 11.1. The number of hydrogen-bond acceptors (Lipinski definition) is 7. The molecule has 0 aromatic heterocycles. The van der Waals surface area contributed by atoms with E-state index >= 15 is 0 Å². The molecule has 2 N–H and O–H groups in total. The minimum atomic E-state index is -0.423. The highest BCUT2D eigenvalue weighted by Gasteiger charge is 2.53. The van der Waals surface area contributed by atoms with E-state index in [1.807, 2.05) is 18.2 Å². The quantitative estimate of drug-likeness (QED) is 0.515. The number of nitrogens with zero attached hydrogens (tertiary/aromatic N) is 3. The largest absolute Gasteiger partial charge is 0.423 e. The summed E-state index contributed by atoms with van der Waals surface area (Å²) in [6.07, 6.45) is 4.31. The number of rotatable bonds is 4. The summed E-state index contributed by atoms with van der Waals surface area (Å²) in [6.45, 7) is 0.689. The highest BCUT2D eigenvalue weighted by Crippen LogP contribution is 2.61. The summed E-state index contributed by atoms with van der Waals surface area (Å²) in [6, 6.07) is 18.9. The number of benzene rings is 2. The van der Waals surface area contributed by atoms with E-state index in [-0.39, 0.29) is 16.4 Å². The fraction of sp³-hybridized carbons (Fsp3) is 0.292. The van der Waals surface area contributed by atoms with Crippen molar-refractivity contribution in [2.24, 2.45) is 5.73 Å². The molecule has 2 aliphatic heterocycles. The summed E-state index contributed by atoms with van der Waals surface area (Å²) >= 11 is 1.77. The second-order valence-electron chi connectivity index (χ2n) is 8.27. The van der Waals surface area contributed by atoms with Crippen LogP contribution in [0.3, 0.4) is 0 Å². The van der Waals surface area contributed by atoms with Gasteiger partial charge in [-0.15, -0.1) is 0 Å². The molecule has 2 aromatic rings. The molecule has 0 radical (unpaired) electrons. The molecule has 3 aliphatic rings. The first kappa shape index (κ1) is 20.5. The zero-order valence-electron chi connectivity index (χ0n) is 17.4. The standard InChI is InChI=1S/C24H22N4O3S/c25-14-19-20(17-8-10-18(11-9-17)28(29)30)21-23(31-22(19)26)27(15-16-6-2-1-3-7-16)24(32-21)12-4-5-13-24/h1-3,6-11,20H,4-5,12-13,15,26H2. The second-order valence-corrected chi connectivity index (χ2v) is 9.67. The number of ether oxygens (including phenoxy) is 1. The molecule has 0 amide bonds. The zero-order valence-corrected chi connectivity index (χ0v) is 18.2. The number of hydrogen-bond donors (Lipinski definition) is 1. The average molecular weight is 447 g/mol. The lowest BCUT2D eigenvalue weighted by Gasteiger charge is -2.37. The Kier molecular flexibility index (Phi) is 5.06. The van der Waals surface area contributed by atoms with Crippen molar-refractivity contribution >= 4 is 17.4 Å². The lowest BCUT2D eigenvalue weighted by Crippen LogP contribution is -2.40. The van der Waals surface area contributed by atoms with Crippen molar-refractivity contribution in [3.63, 3.8) is 0 Å². The topological polar surface area (TPSA) is 105 Å². The molecule has 2 heterocycles. The van der Waals surface area contributed by atoms with Crippen molar-refractivity contribution in [1.82, 2.24) is 4.90 Å². The molecule has 0 bridgehead atoms. The van der Waals surface area contributed by atoms with E-state index in [9.17, 15) is 15.4 Å². The molecule has 5 rings (SSSR count). The van der Waals surface area contributed by atoms with Crippen molar-refractivity contribution in [3.8, 4) is 6.07 Å². The molecule has 162 valence electrons. The first-order valence-corrected chi connectivity index (χ1v) is 11.4. The van der Waals surface area contributed by atoms with E-state index in [4.69, 9.17) is 10.5 Å². The van der Waals surface area contributed by atoms with Crippen LogP contribution in [0.15, 0.2) is 76.8 Å². The van der Waals surface area contributed by atoms with Gasteiger partial charge in [-0.2, -0.15) is 5.26 Å². The average Bonchev–Trinajstić information content (AvgIpc) is 3.39. The van der Waals surface area contributed by atoms with Gasteiger partial charge in [-0.1, -0.05) is 67.1 Å². The Morgan fingerprint density at radius 2 is 1.88 bits per heavy atom. The Labute approximate surface area is 190 Å². The zero-order chi connectivity index (χ0) is 22.3. The van der Waals surface area contributed by atoms with Crippen molar-refractivity contribution in [2.45, 2.75) is 43.0 Å². The maximum absolute atomic E-state index is 11.1. The summed E-state index contributed by atoms with van der Waals surface area (Å²) in [7, 11) is 0. The van der Waals surface area contributed by atoms with Crippen molar-refractivity contribution < 1.29 is 9.66 Å². The Bertz CT molecular complexity index is 1160. The SMILES string of the molecule is N#CC1=C(N)OC2=C(SC3(CCCC3)N2Cc2ccccc2)C1c1ccc([N+](=O)[O-])cc1. The van der Waals surface area contributed by atoms with Gasteiger partial charge in [0.1, 0.15) is 11.6 Å². The smallest absolute Gasteiger partial charge is 0.269 e. The predicted molar refractivity (Wildman–Crippen MR) is 122 cm³/mol. The monoisotopic (exact) mass is 446 g/mol. The van der Waals surface area contributed by atoms with Gasteiger partial charge in [0.25, 0.3) is 5.69 Å². The van der Waals surface area contributed by atoms with Gasteiger partial charge in [0, 0.05) is 18.7 Å². The molecule has 7 nitrogen and oxygen atoms in total. The Hall–Kier alpha value is -3.44. The third-order valence-corrected chi connectivity index (χ3v) is 8.04. The van der Waals surface area contributed by atoms with Gasteiger partial charge in [-0.25, -0.2) is 0 Å². The molecule has 8 heteroatoms. The molecule has 0 saturated heterocycles. The highest BCUT2D eigenvalue weighted by molar-refractivity contribution is 8.04. The van der Waals surface area contributed by atoms with Crippen LogP contribution < -0.4 is 5.73 Å². The van der Waals surface area contributed by atoms with E-state index < -0.39 is 10.8 Å². The molecule has 1 saturated carbocycles. The molecule has 1 atom stereocenters. The fourth-order valence-corrected chi connectivity index (χ4v) is 6.62. The van der Waals surface area contributed by atoms with Gasteiger partial charge in [-0.3, -0.25) is 10.1 Å². The number of allylic oxidation sites excluding steroid dienone is 2. The summed E-state index contributed by atoms with van der Waals surface area (Å²) in [5, 5.41) is 21.0. The molecule has 1 spiro atoms. The highest BCUT2D eigenvalue weighted by atomic mass is 32.2. The first-order chi connectivity index (χ1) is 15.5. The van der Waals surface area contributed by atoms with Gasteiger partial charge in [0.15, 0.2) is 0 Å². The van der Waals surface area contributed by atoms with E-state index in [0.29, 0.717) is 18.0 Å².